The highest BCUT2D eigenvalue weighted by molar-refractivity contribution is 9.11. The van der Waals surface area contributed by atoms with Crippen molar-refractivity contribution in [3.63, 3.8) is 0 Å². The molecular weight excluding hydrogens is 412 g/mol. The molecule has 0 aromatic heterocycles. The van der Waals surface area contributed by atoms with E-state index in [1.54, 1.807) is 36.4 Å². The lowest BCUT2D eigenvalue weighted by atomic mass is 10.0. The highest BCUT2D eigenvalue weighted by Crippen LogP contribution is 2.37. The third-order valence-corrected chi connectivity index (χ3v) is 4.49. The zero-order valence-corrected chi connectivity index (χ0v) is 14.2. The zero-order chi connectivity index (χ0) is 15.9. The Hall–Kier alpha value is -2.10. The summed E-state index contributed by atoms with van der Waals surface area (Å²) in [6, 6.07) is 10.6. The number of rotatable bonds is 1. The number of nitrogens with one attached hydrogen (secondary N) is 1. The number of hydrogen-bond donors (Lipinski definition) is 2. The molecule has 4 nitrogen and oxygen atoms in total. The van der Waals surface area contributed by atoms with Crippen molar-refractivity contribution in [2.75, 3.05) is 5.32 Å². The fraction of sp³-hybridized carbons (Fsp3) is 0. The van der Waals surface area contributed by atoms with Crippen molar-refractivity contribution in [3.05, 3.63) is 56.0 Å². The van der Waals surface area contributed by atoms with Crippen LogP contribution in [-0.2, 0) is 4.79 Å². The first-order valence-electron chi connectivity index (χ1n) is 6.25. The standard InChI is InChI=1S/C16H8Br2N2O2/c17-12-4-9(5-13(18)15(12)21)3-11-10-2-1-8(7-19)6-14(10)20-16(11)22/h1-6,21H,(H,20,22). The first-order valence-corrected chi connectivity index (χ1v) is 7.84. The monoisotopic (exact) mass is 418 g/mol. The van der Waals surface area contributed by atoms with Crippen LogP contribution in [0, 0.1) is 11.3 Å². The van der Waals surface area contributed by atoms with Crippen LogP contribution >= 0.6 is 31.9 Å². The highest BCUT2D eigenvalue weighted by Gasteiger charge is 2.24. The molecule has 0 spiro atoms. The summed E-state index contributed by atoms with van der Waals surface area (Å²) in [4.78, 5) is 12.1. The SMILES string of the molecule is N#Cc1ccc2c(c1)NC(=O)C2=Cc1cc(Br)c(O)c(Br)c1. The van der Waals surface area contributed by atoms with Crippen LogP contribution < -0.4 is 5.32 Å². The summed E-state index contributed by atoms with van der Waals surface area (Å²) in [5.74, 6) is -0.109. The van der Waals surface area contributed by atoms with Crippen LogP contribution in [0.1, 0.15) is 16.7 Å². The Morgan fingerprint density at radius 1 is 1.18 bits per heavy atom. The minimum absolute atomic E-state index is 0.108. The van der Waals surface area contributed by atoms with Gasteiger partial charge in [-0.25, -0.2) is 0 Å². The number of carbonyl (C=O) groups is 1. The number of hydrogen-bond acceptors (Lipinski definition) is 3. The van der Waals surface area contributed by atoms with E-state index in [1.165, 1.54) is 0 Å². The quantitative estimate of drug-likeness (QED) is 0.677. The normalized spacial score (nSPS) is 14.6. The van der Waals surface area contributed by atoms with Crippen molar-refractivity contribution in [2.24, 2.45) is 0 Å². The van der Waals surface area contributed by atoms with Gasteiger partial charge in [-0.2, -0.15) is 5.26 Å². The molecule has 3 rings (SSSR count). The average Bonchev–Trinajstić information content (AvgIpc) is 2.79. The molecule has 0 fully saturated rings. The maximum Gasteiger partial charge on any atom is 0.256 e. The number of benzene rings is 2. The molecule has 1 aliphatic rings. The summed E-state index contributed by atoms with van der Waals surface area (Å²) < 4.78 is 1.07. The van der Waals surface area contributed by atoms with Gasteiger partial charge in [0.15, 0.2) is 0 Å². The van der Waals surface area contributed by atoms with Gasteiger partial charge in [0.2, 0.25) is 0 Å². The summed E-state index contributed by atoms with van der Waals surface area (Å²) >= 11 is 6.53. The summed E-state index contributed by atoms with van der Waals surface area (Å²) in [5, 5.41) is 21.4. The van der Waals surface area contributed by atoms with Gasteiger partial charge in [0.05, 0.1) is 26.3 Å². The van der Waals surface area contributed by atoms with Crippen LogP contribution in [0.5, 0.6) is 5.75 Å². The van der Waals surface area contributed by atoms with Gasteiger partial charge in [0.25, 0.3) is 5.91 Å². The number of phenols is 1. The summed E-state index contributed by atoms with van der Waals surface area (Å²) in [5.41, 5.74) is 3.16. The number of anilines is 1. The molecule has 2 aromatic carbocycles. The third kappa shape index (κ3) is 2.54. The second kappa shape index (κ2) is 5.59. The van der Waals surface area contributed by atoms with E-state index in [2.05, 4.69) is 37.2 Å². The van der Waals surface area contributed by atoms with Gasteiger partial charge >= 0.3 is 0 Å². The Labute approximate surface area is 143 Å². The summed E-state index contributed by atoms with van der Waals surface area (Å²) in [6.45, 7) is 0. The number of carbonyl (C=O) groups excluding carboxylic acids is 1. The zero-order valence-electron chi connectivity index (χ0n) is 11.0. The van der Waals surface area contributed by atoms with Crippen LogP contribution in [0.15, 0.2) is 39.3 Å². The maximum atomic E-state index is 12.1. The van der Waals surface area contributed by atoms with Crippen molar-refractivity contribution in [1.29, 1.82) is 5.26 Å². The van der Waals surface area contributed by atoms with Crippen LogP contribution in [0.2, 0.25) is 0 Å². The molecule has 0 atom stereocenters. The molecule has 0 saturated carbocycles. The fourth-order valence-electron chi connectivity index (χ4n) is 2.24. The van der Waals surface area contributed by atoms with E-state index in [-0.39, 0.29) is 11.7 Å². The highest BCUT2D eigenvalue weighted by atomic mass is 79.9. The van der Waals surface area contributed by atoms with E-state index in [0.717, 1.165) is 11.1 Å². The topological polar surface area (TPSA) is 73.1 Å². The van der Waals surface area contributed by atoms with Gasteiger partial charge < -0.3 is 10.4 Å². The fourth-order valence-corrected chi connectivity index (χ4v) is 3.46. The molecule has 22 heavy (non-hydrogen) atoms. The van der Waals surface area contributed by atoms with E-state index in [1.807, 2.05) is 6.07 Å². The van der Waals surface area contributed by atoms with Gasteiger partial charge in [-0.1, -0.05) is 6.07 Å². The lowest BCUT2D eigenvalue weighted by Gasteiger charge is -2.04. The van der Waals surface area contributed by atoms with Crippen molar-refractivity contribution in [2.45, 2.75) is 0 Å². The molecule has 0 radical (unpaired) electrons. The molecule has 1 heterocycles. The molecule has 6 heteroatoms. The minimum Gasteiger partial charge on any atom is -0.506 e. The van der Waals surface area contributed by atoms with Crippen molar-refractivity contribution >= 4 is 55.1 Å². The predicted molar refractivity (Wildman–Crippen MR) is 91.2 cm³/mol. The number of phenolic OH excluding ortho intramolecular Hbond substituents is 1. The predicted octanol–water partition coefficient (Wildman–Crippen LogP) is 4.28. The second-order valence-corrected chi connectivity index (χ2v) is 6.43. The smallest absolute Gasteiger partial charge is 0.256 e. The Bertz CT molecular complexity index is 859. The van der Waals surface area contributed by atoms with Crippen LogP contribution in [0.25, 0.3) is 11.6 Å². The molecular formula is C16H8Br2N2O2. The molecule has 0 unspecified atom stereocenters. The number of nitrogens with zero attached hydrogens (tertiary/aromatic N) is 1. The van der Waals surface area contributed by atoms with Crippen molar-refractivity contribution < 1.29 is 9.90 Å². The molecule has 1 amide bonds. The molecule has 108 valence electrons. The Balaban J connectivity index is 2.10. The average molecular weight is 420 g/mol. The number of fused-ring (bicyclic) bond motifs is 1. The van der Waals surface area contributed by atoms with E-state index in [9.17, 15) is 9.90 Å². The van der Waals surface area contributed by atoms with Crippen LogP contribution in [0.4, 0.5) is 5.69 Å². The molecule has 0 saturated heterocycles. The Kier molecular flexibility index (Phi) is 3.77. The minimum atomic E-state index is -0.217. The van der Waals surface area contributed by atoms with Crippen molar-refractivity contribution in [3.8, 4) is 11.8 Å². The second-order valence-electron chi connectivity index (χ2n) is 4.72. The van der Waals surface area contributed by atoms with Crippen molar-refractivity contribution in [1.82, 2.24) is 0 Å². The van der Waals surface area contributed by atoms with Crippen LogP contribution in [-0.4, -0.2) is 11.0 Å². The van der Waals surface area contributed by atoms with E-state index in [0.29, 0.717) is 25.8 Å². The molecule has 0 bridgehead atoms. The first-order chi connectivity index (χ1) is 10.5. The molecule has 2 aromatic rings. The van der Waals surface area contributed by atoms with E-state index < -0.39 is 0 Å². The van der Waals surface area contributed by atoms with E-state index >= 15 is 0 Å². The number of nitriles is 1. The lowest BCUT2D eigenvalue weighted by molar-refractivity contribution is -0.110. The molecule has 1 aliphatic heterocycles. The Morgan fingerprint density at radius 3 is 2.50 bits per heavy atom. The first kappa shape index (κ1) is 14.8. The molecule has 2 N–H and O–H groups in total. The van der Waals surface area contributed by atoms with Gasteiger partial charge in [0, 0.05) is 11.1 Å². The van der Waals surface area contributed by atoms with Gasteiger partial charge in [-0.05, 0) is 67.8 Å². The maximum absolute atomic E-state index is 12.1. The van der Waals surface area contributed by atoms with Gasteiger partial charge in [-0.3, -0.25) is 4.79 Å². The summed E-state index contributed by atoms with van der Waals surface area (Å²) in [6.07, 6.45) is 1.74. The van der Waals surface area contributed by atoms with Gasteiger partial charge in [0.1, 0.15) is 5.75 Å². The van der Waals surface area contributed by atoms with E-state index in [4.69, 9.17) is 5.26 Å². The number of halogens is 2. The largest absolute Gasteiger partial charge is 0.506 e. The summed E-state index contributed by atoms with van der Waals surface area (Å²) in [7, 11) is 0. The number of aromatic hydroxyl groups is 1. The van der Waals surface area contributed by atoms with Gasteiger partial charge in [-0.15, -0.1) is 0 Å². The Morgan fingerprint density at radius 2 is 1.86 bits per heavy atom. The molecule has 0 aliphatic carbocycles. The van der Waals surface area contributed by atoms with Crippen LogP contribution in [0.3, 0.4) is 0 Å². The third-order valence-electron chi connectivity index (χ3n) is 3.28. The lowest BCUT2D eigenvalue weighted by Crippen LogP contribution is -2.03. The number of amides is 1.